The first-order valence-electron chi connectivity index (χ1n) is 6.95. The Kier molecular flexibility index (Phi) is 11.9. The van der Waals surface area contributed by atoms with E-state index in [0.29, 0.717) is 5.70 Å². The van der Waals surface area contributed by atoms with Gasteiger partial charge in [0.05, 0.1) is 0 Å². The number of hydrogen-bond donors (Lipinski definition) is 4. The van der Waals surface area contributed by atoms with Crippen molar-refractivity contribution in [3.63, 3.8) is 0 Å². The van der Waals surface area contributed by atoms with Gasteiger partial charge in [-0.3, -0.25) is 0 Å². The number of allylic oxidation sites excluding steroid dienone is 2. The summed E-state index contributed by atoms with van der Waals surface area (Å²) in [5.41, 5.74) is 0.626. The van der Waals surface area contributed by atoms with Crippen molar-refractivity contribution >= 4 is 0 Å². The van der Waals surface area contributed by atoms with Crippen molar-refractivity contribution in [3.8, 4) is 0 Å². The molecule has 0 spiro atoms. The SMILES string of the molecule is OCC1=CC=CC(CO)[N-]1.OCC1CCCC(CO)[N-]1.[Cu+2]. The van der Waals surface area contributed by atoms with E-state index < -0.39 is 0 Å². The average molecular weight is 348 g/mol. The van der Waals surface area contributed by atoms with Gasteiger partial charge in [-0.25, -0.2) is 0 Å². The van der Waals surface area contributed by atoms with Crippen molar-refractivity contribution in [2.24, 2.45) is 0 Å². The van der Waals surface area contributed by atoms with Gasteiger partial charge in [0.1, 0.15) is 0 Å². The van der Waals surface area contributed by atoms with E-state index in [1.54, 1.807) is 18.2 Å². The molecule has 7 heteroatoms. The number of aliphatic hydroxyl groups excluding tert-OH is 4. The zero-order chi connectivity index (χ0) is 14.8. The maximum atomic E-state index is 8.73. The molecule has 1 fully saturated rings. The molecule has 125 valence electrons. The maximum absolute atomic E-state index is 8.73. The van der Waals surface area contributed by atoms with Gasteiger partial charge in [0.15, 0.2) is 0 Å². The summed E-state index contributed by atoms with van der Waals surface area (Å²) in [7, 11) is 0. The second kappa shape index (κ2) is 12.2. The van der Waals surface area contributed by atoms with Gasteiger partial charge in [0.2, 0.25) is 0 Å². The topological polar surface area (TPSA) is 109 Å². The molecule has 6 nitrogen and oxygen atoms in total. The minimum atomic E-state index is -0.160. The molecule has 2 aliphatic heterocycles. The van der Waals surface area contributed by atoms with E-state index in [-0.39, 0.29) is 61.6 Å². The molecule has 0 aliphatic carbocycles. The normalized spacial score (nSPS) is 27.6. The largest absolute Gasteiger partial charge is 2.00 e. The van der Waals surface area contributed by atoms with E-state index in [1.807, 2.05) is 0 Å². The first kappa shape index (κ1) is 20.6. The maximum Gasteiger partial charge on any atom is 2.00 e. The molecule has 4 N–H and O–H groups in total. The van der Waals surface area contributed by atoms with Gasteiger partial charge < -0.3 is 31.1 Å². The Labute approximate surface area is 136 Å². The van der Waals surface area contributed by atoms with Crippen LogP contribution in [0, 0.1) is 0 Å². The predicted molar refractivity (Wildman–Crippen MR) is 77.5 cm³/mol. The van der Waals surface area contributed by atoms with Crippen LogP contribution >= 0.6 is 0 Å². The molecule has 2 heterocycles. The van der Waals surface area contributed by atoms with E-state index in [1.165, 1.54) is 0 Å². The quantitative estimate of drug-likeness (QED) is 0.553. The second-order valence-corrected chi connectivity index (χ2v) is 4.83. The van der Waals surface area contributed by atoms with Crippen LogP contribution in [-0.2, 0) is 17.1 Å². The molecule has 21 heavy (non-hydrogen) atoms. The van der Waals surface area contributed by atoms with E-state index in [0.717, 1.165) is 19.3 Å². The summed E-state index contributed by atoms with van der Waals surface area (Å²) in [6, 6.07) is 0.0175. The Balaban J connectivity index is 0.000000364. The van der Waals surface area contributed by atoms with Crippen molar-refractivity contribution < 1.29 is 37.5 Å². The molecule has 2 aliphatic rings. The smallest absolute Gasteiger partial charge is 0.678 e. The third-order valence-corrected chi connectivity index (χ3v) is 3.22. The van der Waals surface area contributed by atoms with Gasteiger partial charge in [0.25, 0.3) is 0 Å². The molecule has 2 rings (SSSR count). The molecule has 0 amide bonds. The zero-order valence-electron chi connectivity index (χ0n) is 11.9. The first-order valence-corrected chi connectivity index (χ1v) is 6.95. The molecule has 3 unspecified atom stereocenters. The second-order valence-electron chi connectivity index (χ2n) is 4.83. The van der Waals surface area contributed by atoms with Crippen molar-refractivity contribution in [1.82, 2.24) is 0 Å². The van der Waals surface area contributed by atoms with Gasteiger partial charge in [-0.05, 0) is 0 Å². The molecular formula is C14H24CuN2O4. The number of rotatable bonds is 4. The van der Waals surface area contributed by atoms with Gasteiger partial charge in [-0.2, -0.15) is 0 Å². The Morgan fingerprint density at radius 1 is 1.00 bits per heavy atom. The van der Waals surface area contributed by atoms with Gasteiger partial charge in [-0.1, -0.05) is 43.5 Å². The third-order valence-electron chi connectivity index (χ3n) is 3.22. The predicted octanol–water partition coefficient (Wildman–Crippen LogP) is 0.430. The number of piperidine rings is 1. The van der Waals surface area contributed by atoms with Gasteiger partial charge >= 0.3 is 17.1 Å². The molecule has 0 aromatic carbocycles. The molecule has 3 atom stereocenters. The summed E-state index contributed by atoms with van der Waals surface area (Å²) >= 11 is 0. The molecule has 0 aromatic rings. The van der Waals surface area contributed by atoms with E-state index in [9.17, 15) is 0 Å². The Morgan fingerprint density at radius 3 is 2.10 bits per heavy atom. The summed E-state index contributed by atoms with van der Waals surface area (Å²) in [5, 5.41) is 42.9. The summed E-state index contributed by atoms with van der Waals surface area (Å²) in [6.45, 7) is 0.224. The van der Waals surface area contributed by atoms with Crippen molar-refractivity contribution in [1.29, 1.82) is 0 Å². The molecule has 1 radical (unpaired) electrons. The molecule has 0 aromatic heterocycles. The van der Waals surface area contributed by atoms with Crippen LogP contribution in [0.5, 0.6) is 0 Å². The molecule has 0 bridgehead atoms. The first-order chi connectivity index (χ1) is 9.73. The van der Waals surface area contributed by atoms with Crippen LogP contribution in [0.2, 0.25) is 0 Å². The van der Waals surface area contributed by atoms with Crippen LogP contribution in [0.4, 0.5) is 0 Å². The van der Waals surface area contributed by atoms with Crippen LogP contribution in [0.25, 0.3) is 10.6 Å². The summed E-state index contributed by atoms with van der Waals surface area (Å²) in [6.07, 6.45) is 8.35. The van der Waals surface area contributed by atoms with Crippen LogP contribution in [0.3, 0.4) is 0 Å². The molecule has 0 saturated carbocycles. The zero-order valence-corrected chi connectivity index (χ0v) is 12.8. The third kappa shape index (κ3) is 7.97. The average Bonchev–Trinajstić information content (AvgIpc) is 2.55. The van der Waals surface area contributed by atoms with E-state index >= 15 is 0 Å². The van der Waals surface area contributed by atoms with Crippen molar-refractivity contribution in [2.75, 3.05) is 26.4 Å². The van der Waals surface area contributed by atoms with Crippen molar-refractivity contribution in [3.05, 3.63) is 34.6 Å². The summed E-state index contributed by atoms with van der Waals surface area (Å²) in [4.78, 5) is 0. The Hall–Kier alpha value is -0.401. The van der Waals surface area contributed by atoms with Gasteiger partial charge in [-0.15, -0.1) is 17.8 Å². The van der Waals surface area contributed by atoms with Crippen molar-refractivity contribution in [2.45, 2.75) is 37.4 Å². The fraction of sp³-hybridized carbons (Fsp3) is 0.714. The number of hydrogen-bond acceptors (Lipinski definition) is 4. The molecular weight excluding hydrogens is 324 g/mol. The Bertz CT molecular complexity index is 316. The summed E-state index contributed by atoms with van der Waals surface area (Å²) < 4.78 is 0. The van der Waals surface area contributed by atoms with Crippen LogP contribution in [0.15, 0.2) is 23.9 Å². The van der Waals surface area contributed by atoms with Gasteiger partial charge in [0, 0.05) is 26.4 Å². The number of nitrogens with zero attached hydrogens (tertiary/aromatic N) is 2. The van der Waals surface area contributed by atoms with E-state index in [4.69, 9.17) is 20.4 Å². The van der Waals surface area contributed by atoms with Crippen LogP contribution in [0.1, 0.15) is 19.3 Å². The number of aliphatic hydroxyl groups is 4. The standard InChI is InChI=1S/C7H14NO2.C7H10NO2.Cu/c2*9-4-6-2-1-3-7(5-10)8-6;/h6-7,9-10H,1-5H2;1-3,6,9-10H,4-5H2;/q2*-1;+2. The fourth-order valence-electron chi connectivity index (χ4n) is 2.10. The minimum absolute atomic E-state index is 0. The van der Waals surface area contributed by atoms with E-state index in [2.05, 4.69) is 10.6 Å². The Morgan fingerprint density at radius 2 is 1.62 bits per heavy atom. The van der Waals surface area contributed by atoms with Crippen LogP contribution in [-0.4, -0.2) is 65.0 Å². The fourth-order valence-corrected chi connectivity index (χ4v) is 2.10. The molecule has 1 saturated heterocycles. The van der Waals surface area contributed by atoms with Crippen LogP contribution < -0.4 is 0 Å². The summed E-state index contributed by atoms with van der Waals surface area (Å²) in [5.74, 6) is 0. The minimum Gasteiger partial charge on any atom is -0.678 e. The monoisotopic (exact) mass is 347 g/mol.